The Hall–Kier alpha value is -0.290. The maximum absolute atomic E-state index is 10.8. The fourth-order valence-electron chi connectivity index (χ4n) is 1.78. The molecule has 1 aliphatic heterocycles. The predicted molar refractivity (Wildman–Crippen MR) is 68.5 cm³/mol. The quantitative estimate of drug-likeness (QED) is 0.447. The molecule has 20 heavy (non-hydrogen) atoms. The molecule has 0 aromatic rings. The van der Waals surface area contributed by atoms with Crippen LogP contribution in [0.1, 0.15) is 20.3 Å². The normalized spacial score (nSPS) is 36.8. The molecular formula is C11H22O8S. The van der Waals surface area contributed by atoms with Gasteiger partial charge < -0.3 is 24.8 Å². The first-order valence-corrected chi connectivity index (χ1v) is 8.03. The van der Waals surface area contributed by atoms with Crippen molar-refractivity contribution in [3.8, 4) is 0 Å². The Kier molecular flexibility index (Phi) is 6.32. The third-order valence-corrected chi connectivity index (χ3v) is 4.04. The lowest BCUT2D eigenvalue weighted by atomic mass is 10.00. The van der Waals surface area contributed by atoms with Gasteiger partial charge >= 0.3 is 0 Å². The van der Waals surface area contributed by atoms with E-state index in [0.29, 0.717) is 0 Å². The molecule has 4 N–H and O–H groups in total. The standard InChI is InChI=1S/C11H22O8S/c1-3-6(2)4-18-11-10(14)9(13)8(12)7(19-11)5-20(15,16)17/h6-14H,3-5H2,1-2H3,(H,15,16,17)/t6?,7?,8-,9-,10?,11+/m0/s1. The van der Waals surface area contributed by atoms with Gasteiger partial charge in [0.25, 0.3) is 10.1 Å². The summed E-state index contributed by atoms with van der Waals surface area (Å²) < 4.78 is 40.9. The molecule has 0 saturated carbocycles. The Morgan fingerprint density at radius 1 is 1.20 bits per heavy atom. The lowest BCUT2D eigenvalue weighted by molar-refractivity contribution is -0.294. The highest BCUT2D eigenvalue weighted by molar-refractivity contribution is 7.85. The Morgan fingerprint density at radius 2 is 1.80 bits per heavy atom. The van der Waals surface area contributed by atoms with Gasteiger partial charge in [-0.3, -0.25) is 4.55 Å². The average molecular weight is 314 g/mol. The van der Waals surface area contributed by atoms with E-state index in [1.165, 1.54) is 0 Å². The fraction of sp³-hybridized carbons (Fsp3) is 1.00. The van der Waals surface area contributed by atoms with Crippen LogP contribution in [-0.2, 0) is 19.6 Å². The van der Waals surface area contributed by atoms with Crippen LogP contribution < -0.4 is 0 Å². The maximum Gasteiger partial charge on any atom is 0.267 e. The van der Waals surface area contributed by atoms with Crippen LogP contribution in [0.25, 0.3) is 0 Å². The second-order valence-electron chi connectivity index (χ2n) is 5.11. The van der Waals surface area contributed by atoms with Crippen LogP contribution in [0.4, 0.5) is 0 Å². The maximum atomic E-state index is 10.8. The van der Waals surface area contributed by atoms with Gasteiger partial charge in [-0.15, -0.1) is 0 Å². The average Bonchev–Trinajstić information content (AvgIpc) is 2.36. The van der Waals surface area contributed by atoms with E-state index < -0.39 is 46.6 Å². The Balaban J connectivity index is 2.70. The monoisotopic (exact) mass is 314 g/mol. The molecule has 1 fully saturated rings. The smallest absolute Gasteiger partial charge is 0.267 e. The van der Waals surface area contributed by atoms with Crippen molar-refractivity contribution < 1.29 is 37.8 Å². The molecule has 1 heterocycles. The number of aliphatic hydroxyl groups is 3. The minimum Gasteiger partial charge on any atom is -0.388 e. The van der Waals surface area contributed by atoms with Crippen molar-refractivity contribution in [3.05, 3.63) is 0 Å². The summed E-state index contributed by atoms with van der Waals surface area (Å²) in [7, 11) is -4.39. The molecule has 0 aromatic heterocycles. The zero-order valence-corrected chi connectivity index (χ0v) is 12.2. The van der Waals surface area contributed by atoms with Gasteiger partial charge in [0, 0.05) is 0 Å². The lowest BCUT2D eigenvalue weighted by Gasteiger charge is -2.40. The van der Waals surface area contributed by atoms with Crippen molar-refractivity contribution in [1.29, 1.82) is 0 Å². The number of hydrogen-bond acceptors (Lipinski definition) is 7. The first-order valence-electron chi connectivity index (χ1n) is 6.42. The number of rotatable bonds is 6. The molecule has 9 heteroatoms. The van der Waals surface area contributed by atoms with Gasteiger partial charge in [0.05, 0.1) is 6.61 Å². The van der Waals surface area contributed by atoms with E-state index in [0.717, 1.165) is 6.42 Å². The van der Waals surface area contributed by atoms with Crippen LogP contribution in [0.2, 0.25) is 0 Å². The molecule has 0 aromatic carbocycles. The van der Waals surface area contributed by atoms with E-state index >= 15 is 0 Å². The zero-order chi connectivity index (χ0) is 15.5. The third kappa shape index (κ3) is 4.92. The van der Waals surface area contributed by atoms with Crippen molar-refractivity contribution in [2.45, 2.75) is 51.0 Å². The summed E-state index contributed by atoms with van der Waals surface area (Å²) in [5, 5.41) is 29.1. The van der Waals surface area contributed by atoms with Crippen molar-refractivity contribution in [3.63, 3.8) is 0 Å². The lowest BCUT2D eigenvalue weighted by Crippen LogP contribution is -2.59. The second kappa shape index (κ2) is 7.12. The van der Waals surface area contributed by atoms with Crippen LogP contribution >= 0.6 is 0 Å². The summed E-state index contributed by atoms with van der Waals surface area (Å²) in [4.78, 5) is 0. The molecule has 0 radical (unpaired) electrons. The molecule has 8 nitrogen and oxygen atoms in total. The SMILES string of the molecule is CCC(C)CO[C@@H]1OC(CS(=O)(=O)O)[C@H](O)[C@H](O)C1O. The third-order valence-electron chi connectivity index (χ3n) is 3.29. The molecule has 1 saturated heterocycles. The van der Waals surface area contributed by atoms with Gasteiger partial charge in [-0.1, -0.05) is 20.3 Å². The molecule has 0 spiro atoms. The molecule has 120 valence electrons. The van der Waals surface area contributed by atoms with E-state index in [-0.39, 0.29) is 12.5 Å². The molecule has 1 aliphatic rings. The molecule has 0 aliphatic carbocycles. The first kappa shape index (κ1) is 17.8. The highest BCUT2D eigenvalue weighted by Crippen LogP contribution is 2.23. The van der Waals surface area contributed by atoms with Crippen LogP contribution in [0.5, 0.6) is 0 Å². The minimum atomic E-state index is -4.39. The fourth-order valence-corrected chi connectivity index (χ4v) is 2.47. The molecule has 0 bridgehead atoms. The molecule has 6 atom stereocenters. The van der Waals surface area contributed by atoms with Gasteiger partial charge in [0.2, 0.25) is 0 Å². The van der Waals surface area contributed by atoms with Crippen molar-refractivity contribution in [1.82, 2.24) is 0 Å². The largest absolute Gasteiger partial charge is 0.388 e. The van der Waals surface area contributed by atoms with E-state index in [4.69, 9.17) is 14.0 Å². The number of ether oxygens (including phenoxy) is 2. The van der Waals surface area contributed by atoms with Gasteiger partial charge in [0.1, 0.15) is 30.2 Å². The number of hydrogen-bond donors (Lipinski definition) is 4. The molecule has 0 amide bonds. The van der Waals surface area contributed by atoms with Gasteiger partial charge in [-0.05, 0) is 5.92 Å². The van der Waals surface area contributed by atoms with E-state index in [9.17, 15) is 23.7 Å². The minimum absolute atomic E-state index is 0.190. The highest BCUT2D eigenvalue weighted by Gasteiger charge is 2.45. The van der Waals surface area contributed by atoms with Gasteiger partial charge in [-0.2, -0.15) is 8.42 Å². The predicted octanol–water partition coefficient (Wildman–Crippen LogP) is -1.26. The van der Waals surface area contributed by atoms with Gasteiger partial charge in [0.15, 0.2) is 6.29 Å². The van der Waals surface area contributed by atoms with Crippen LogP contribution in [0.3, 0.4) is 0 Å². The summed E-state index contributed by atoms with van der Waals surface area (Å²) in [6, 6.07) is 0. The Labute approximate surface area is 118 Å². The van der Waals surface area contributed by atoms with Crippen molar-refractivity contribution in [2.24, 2.45) is 5.92 Å². The van der Waals surface area contributed by atoms with Crippen LogP contribution in [0, 0.1) is 5.92 Å². The summed E-state index contributed by atoms with van der Waals surface area (Å²) in [5.41, 5.74) is 0. The summed E-state index contributed by atoms with van der Waals surface area (Å²) in [6.07, 6.45) is -6.53. The summed E-state index contributed by atoms with van der Waals surface area (Å²) in [6.45, 7) is 4.11. The van der Waals surface area contributed by atoms with Crippen molar-refractivity contribution in [2.75, 3.05) is 12.4 Å². The summed E-state index contributed by atoms with van der Waals surface area (Å²) >= 11 is 0. The molecule has 1 rings (SSSR count). The number of aliphatic hydroxyl groups excluding tert-OH is 3. The first-order chi connectivity index (χ1) is 9.15. The Morgan fingerprint density at radius 3 is 2.30 bits per heavy atom. The van der Waals surface area contributed by atoms with E-state index in [1.54, 1.807) is 0 Å². The second-order valence-corrected chi connectivity index (χ2v) is 6.61. The van der Waals surface area contributed by atoms with E-state index in [2.05, 4.69) is 0 Å². The molecular weight excluding hydrogens is 292 g/mol. The van der Waals surface area contributed by atoms with Gasteiger partial charge in [-0.25, -0.2) is 0 Å². The van der Waals surface area contributed by atoms with Crippen LogP contribution in [-0.4, -0.2) is 71.4 Å². The summed E-state index contributed by atoms with van der Waals surface area (Å²) in [5.74, 6) is -0.698. The molecule has 3 unspecified atom stereocenters. The Bertz CT molecular complexity index is 397. The van der Waals surface area contributed by atoms with Crippen molar-refractivity contribution >= 4 is 10.1 Å². The highest BCUT2D eigenvalue weighted by atomic mass is 32.2. The topological polar surface area (TPSA) is 134 Å². The van der Waals surface area contributed by atoms with E-state index in [1.807, 2.05) is 13.8 Å². The zero-order valence-electron chi connectivity index (χ0n) is 11.4. The van der Waals surface area contributed by atoms with Crippen LogP contribution in [0.15, 0.2) is 0 Å².